The van der Waals surface area contributed by atoms with E-state index < -0.39 is 0 Å². The molecule has 2 aromatic carbocycles. The zero-order chi connectivity index (χ0) is 12.1. The van der Waals surface area contributed by atoms with Crippen molar-refractivity contribution in [3.05, 3.63) is 64.7 Å². The minimum Gasteiger partial charge on any atom is -0.489 e. The van der Waals surface area contributed by atoms with Gasteiger partial charge in [0.2, 0.25) is 0 Å². The van der Waals surface area contributed by atoms with Gasteiger partial charge in [-0.15, -0.1) is 0 Å². The van der Waals surface area contributed by atoms with Crippen LogP contribution in [-0.2, 0) is 13.2 Å². The molecule has 0 bridgehead atoms. The lowest BCUT2D eigenvalue weighted by Crippen LogP contribution is -1.95. The number of benzene rings is 2. The lowest BCUT2D eigenvalue weighted by atomic mass is 10.2. The maximum Gasteiger partial charge on any atom is 0.119 e. The van der Waals surface area contributed by atoms with Gasteiger partial charge in [-0.25, -0.2) is 0 Å². The van der Waals surface area contributed by atoms with Gasteiger partial charge in [0, 0.05) is 11.6 Å². The van der Waals surface area contributed by atoms with Crippen molar-refractivity contribution in [2.24, 2.45) is 0 Å². The van der Waals surface area contributed by atoms with Gasteiger partial charge in [0.05, 0.1) is 0 Å². The fourth-order valence-corrected chi connectivity index (χ4v) is 1.71. The molecule has 2 aromatic rings. The molecule has 0 spiro atoms. The van der Waals surface area contributed by atoms with Crippen molar-refractivity contribution in [3.63, 3.8) is 0 Å². The Labute approximate surface area is 106 Å². The molecule has 1 N–H and O–H groups in total. The van der Waals surface area contributed by atoms with Crippen LogP contribution in [-0.4, -0.2) is 0 Å². The largest absolute Gasteiger partial charge is 0.489 e. The number of nitrogens with one attached hydrogen (secondary N) is 1. The third-order valence-electron chi connectivity index (χ3n) is 2.42. The summed E-state index contributed by atoms with van der Waals surface area (Å²) in [7, 11) is 0. The third-order valence-corrected chi connectivity index (χ3v) is 2.66. The summed E-state index contributed by atoms with van der Waals surface area (Å²) in [6.45, 7) is 0.801. The molecule has 0 fully saturated rings. The first kappa shape index (κ1) is 12.0. The van der Waals surface area contributed by atoms with Crippen LogP contribution in [0.2, 0.25) is 5.02 Å². The van der Waals surface area contributed by atoms with Crippen LogP contribution in [0.15, 0.2) is 48.5 Å². The Kier molecular flexibility index (Phi) is 4.02. The van der Waals surface area contributed by atoms with Gasteiger partial charge in [-0.1, -0.05) is 35.9 Å². The van der Waals surface area contributed by atoms with Gasteiger partial charge < -0.3 is 4.74 Å². The van der Waals surface area contributed by atoms with Crippen LogP contribution in [0.4, 0.5) is 0 Å². The van der Waals surface area contributed by atoms with Crippen molar-refractivity contribution in [1.29, 1.82) is 0 Å². The second-order valence-electron chi connectivity index (χ2n) is 3.74. The Morgan fingerprint density at radius 1 is 1.00 bits per heavy atom. The second-order valence-corrected chi connectivity index (χ2v) is 4.18. The Balaban J connectivity index is 1.97. The number of rotatable bonds is 4. The zero-order valence-electron chi connectivity index (χ0n) is 9.32. The maximum absolute atomic E-state index is 7.22. The molecular weight excluding hydrogens is 234 g/mol. The summed E-state index contributed by atoms with van der Waals surface area (Å²) < 4.78 is 5.63. The molecule has 2 nitrogen and oxygen atoms in total. The summed E-state index contributed by atoms with van der Waals surface area (Å²) in [6.07, 6.45) is 0. The summed E-state index contributed by atoms with van der Waals surface area (Å²) in [5.41, 5.74) is 9.25. The molecule has 17 heavy (non-hydrogen) atoms. The summed E-state index contributed by atoms with van der Waals surface area (Å²) in [6, 6.07) is 15.2. The first-order chi connectivity index (χ1) is 8.28. The summed E-state index contributed by atoms with van der Waals surface area (Å²) in [4.78, 5) is 0. The predicted octanol–water partition coefficient (Wildman–Crippen LogP) is 3.70. The van der Waals surface area contributed by atoms with Crippen molar-refractivity contribution >= 4 is 11.6 Å². The summed E-state index contributed by atoms with van der Waals surface area (Å²) in [5.74, 6) is 0.808. The van der Waals surface area contributed by atoms with E-state index in [-0.39, 0.29) is 0 Å². The average Bonchev–Trinajstić information content (AvgIpc) is 2.37. The van der Waals surface area contributed by atoms with E-state index in [2.05, 4.69) is 0 Å². The number of hydrogen-bond donors (Lipinski definition) is 0. The van der Waals surface area contributed by atoms with Crippen LogP contribution >= 0.6 is 11.6 Å². The number of ether oxygens (including phenoxy) is 1. The van der Waals surface area contributed by atoms with Gasteiger partial charge in [0.25, 0.3) is 0 Å². The summed E-state index contributed by atoms with van der Waals surface area (Å²) >= 11 is 5.89. The highest BCUT2D eigenvalue weighted by Crippen LogP contribution is 2.16. The monoisotopic (exact) mass is 246 g/mol. The highest BCUT2D eigenvalue weighted by molar-refractivity contribution is 6.30. The Morgan fingerprint density at radius 2 is 1.76 bits per heavy atom. The molecule has 0 aromatic heterocycles. The fourth-order valence-electron chi connectivity index (χ4n) is 1.50. The molecule has 0 aliphatic carbocycles. The number of hydrogen-bond acceptors (Lipinski definition) is 1. The molecule has 0 aliphatic rings. The molecule has 2 rings (SSSR count). The molecule has 3 heteroatoms. The van der Waals surface area contributed by atoms with Gasteiger partial charge in [-0.2, -0.15) is 0 Å². The van der Waals surface area contributed by atoms with E-state index in [4.69, 9.17) is 22.1 Å². The van der Waals surface area contributed by atoms with Crippen LogP contribution in [0, 0.1) is 0 Å². The fraction of sp³-hybridized carbons (Fsp3) is 0.143. The van der Waals surface area contributed by atoms with Crippen LogP contribution < -0.4 is 10.5 Å². The quantitative estimate of drug-likeness (QED) is 0.810. The van der Waals surface area contributed by atoms with Gasteiger partial charge in [0.15, 0.2) is 0 Å². The molecule has 0 saturated heterocycles. The van der Waals surface area contributed by atoms with Gasteiger partial charge in [-0.05, 0) is 35.4 Å². The number of halogens is 1. The van der Waals surface area contributed by atoms with Crippen LogP contribution in [0.25, 0.3) is 0 Å². The lowest BCUT2D eigenvalue weighted by molar-refractivity contribution is 0.306. The van der Waals surface area contributed by atoms with Crippen molar-refractivity contribution in [1.82, 2.24) is 5.73 Å². The molecule has 87 valence electrons. The van der Waals surface area contributed by atoms with Gasteiger partial charge >= 0.3 is 0 Å². The molecular formula is C14H13ClNO. The van der Waals surface area contributed by atoms with E-state index in [1.54, 1.807) is 0 Å². The van der Waals surface area contributed by atoms with E-state index in [1.165, 1.54) is 0 Å². The van der Waals surface area contributed by atoms with E-state index >= 15 is 0 Å². The van der Waals surface area contributed by atoms with E-state index in [0.29, 0.717) is 13.2 Å². The smallest absolute Gasteiger partial charge is 0.119 e. The van der Waals surface area contributed by atoms with Crippen LogP contribution in [0.5, 0.6) is 5.75 Å². The minimum absolute atomic E-state index is 0.300. The average molecular weight is 247 g/mol. The first-order valence-electron chi connectivity index (χ1n) is 5.39. The van der Waals surface area contributed by atoms with Crippen molar-refractivity contribution in [2.75, 3.05) is 0 Å². The van der Waals surface area contributed by atoms with Crippen molar-refractivity contribution in [3.8, 4) is 5.75 Å². The van der Waals surface area contributed by atoms with Gasteiger partial charge in [0.1, 0.15) is 12.4 Å². The maximum atomic E-state index is 7.22. The van der Waals surface area contributed by atoms with E-state index in [1.807, 2.05) is 48.5 Å². The van der Waals surface area contributed by atoms with Gasteiger partial charge in [-0.3, -0.25) is 5.73 Å². The molecule has 0 amide bonds. The predicted molar refractivity (Wildman–Crippen MR) is 69.0 cm³/mol. The van der Waals surface area contributed by atoms with Crippen molar-refractivity contribution < 1.29 is 4.74 Å². The van der Waals surface area contributed by atoms with Crippen molar-refractivity contribution in [2.45, 2.75) is 13.2 Å². The molecule has 0 aliphatic heterocycles. The molecule has 1 radical (unpaired) electrons. The van der Waals surface area contributed by atoms with Crippen LogP contribution in [0.3, 0.4) is 0 Å². The SMILES string of the molecule is [NH]Cc1ccc(OCc2cccc(Cl)c2)cc1. The summed E-state index contributed by atoms with van der Waals surface area (Å²) in [5, 5.41) is 0.718. The Hall–Kier alpha value is -1.51. The van der Waals surface area contributed by atoms with E-state index in [9.17, 15) is 0 Å². The topological polar surface area (TPSA) is 33.0 Å². The molecule has 0 unspecified atom stereocenters. The Morgan fingerprint density at radius 3 is 2.41 bits per heavy atom. The third kappa shape index (κ3) is 3.48. The highest BCUT2D eigenvalue weighted by Gasteiger charge is 1.97. The van der Waals surface area contributed by atoms with Crippen LogP contribution in [0.1, 0.15) is 11.1 Å². The standard InChI is InChI=1S/C14H13ClNO/c15-13-3-1-2-12(8-13)10-17-14-6-4-11(9-16)5-7-14/h1-8,16H,9-10H2. The molecule has 0 saturated carbocycles. The second kappa shape index (κ2) is 5.71. The Bertz CT molecular complexity index is 482. The first-order valence-corrected chi connectivity index (χ1v) is 5.76. The highest BCUT2D eigenvalue weighted by atomic mass is 35.5. The van der Waals surface area contributed by atoms with E-state index in [0.717, 1.165) is 21.9 Å². The zero-order valence-corrected chi connectivity index (χ0v) is 10.1. The molecule has 0 heterocycles. The molecule has 0 atom stereocenters. The lowest BCUT2D eigenvalue weighted by Gasteiger charge is -2.07. The minimum atomic E-state index is 0.300. The normalized spacial score (nSPS) is 10.2.